The van der Waals surface area contributed by atoms with Gasteiger partial charge in [0.1, 0.15) is 0 Å². The number of hydrogen-bond acceptors (Lipinski definition) is 3. The van der Waals surface area contributed by atoms with E-state index in [0.717, 1.165) is 6.42 Å². The van der Waals surface area contributed by atoms with Crippen molar-refractivity contribution in [3.8, 4) is 0 Å². The molecule has 0 spiro atoms. The maximum absolute atomic E-state index is 10.9. The van der Waals surface area contributed by atoms with Gasteiger partial charge in [-0.15, -0.1) is 11.1 Å². The predicted molar refractivity (Wildman–Crippen MR) is 37.3 cm³/mol. The van der Waals surface area contributed by atoms with E-state index in [-0.39, 0.29) is 128 Å². The SMILES string of the molecule is O=C1[CH-]C(=O)c2cscc21.[Rb+].[Rb+]. The summed E-state index contributed by atoms with van der Waals surface area (Å²) in [4.78, 5) is 21.7. The van der Waals surface area contributed by atoms with Gasteiger partial charge in [-0.25, -0.2) is 0 Å². The number of thiophene rings is 1. The fraction of sp³-hybridized carbons (Fsp3) is 0. The molecule has 0 radical (unpaired) electrons. The monoisotopic (exact) mass is 321 g/mol. The van der Waals surface area contributed by atoms with Gasteiger partial charge in [0.05, 0.1) is 11.6 Å². The van der Waals surface area contributed by atoms with Crippen LogP contribution in [0.15, 0.2) is 10.8 Å². The molecule has 0 N–H and O–H groups in total. The first-order valence-electron chi connectivity index (χ1n) is 2.78. The summed E-state index contributed by atoms with van der Waals surface area (Å²) in [5, 5.41) is 3.41. The van der Waals surface area contributed by atoms with Gasteiger partial charge in [-0.2, -0.15) is 11.3 Å². The minimum absolute atomic E-state index is 0. The van der Waals surface area contributed by atoms with Crippen LogP contribution in [0.2, 0.25) is 0 Å². The van der Waals surface area contributed by atoms with Crippen molar-refractivity contribution in [2.75, 3.05) is 0 Å². The maximum atomic E-state index is 10.9. The summed E-state index contributed by atoms with van der Waals surface area (Å²) in [5.74, 6) is -0.303. The van der Waals surface area contributed by atoms with E-state index in [1.54, 1.807) is 10.8 Å². The third kappa shape index (κ3) is 2.76. The zero-order valence-corrected chi connectivity index (χ0v) is 17.6. The van der Waals surface area contributed by atoms with Gasteiger partial charge in [-0.1, -0.05) is 17.2 Å². The van der Waals surface area contributed by atoms with Crippen LogP contribution in [-0.4, -0.2) is 11.6 Å². The van der Waals surface area contributed by atoms with E-state index in [2.05, 4.69) is 0 Å². The Morgan fingerprint density at radius 1 is 1.00 bits per heavy atom. The molecule has 1 aliphatic rings. The van der Waals surface area contributed by atoms with Crippen molar-refractivity contribution in [1.29, 1.82) is 0 Å². The zero-order chi connectivity index (χ0) is 7.14. The molecule has 5 heteroatoms. The van der Waals surface area contributed by atoms with Crippen LogP contribution in [0.3, 0.4) is 0 Å². The molecule has 0 unspecified atom stereocenters. The number of fused-ring (bicyclic) bond motifs is 1. The van der Waals surface area contributed by atoms with Crippen LogP contribution >= 0.6 is 11.3 Å². The van der Waals surface area contributed by atoms with Crippen LogP contribution in [0.4, 0.5) is 0 Å². The van der Waals surface area contributed by atoms with Crippen LogP contribution in [0.25, 0.3) is 0 Å². The largest absolute Gasteiger partial charge is 1.00 e. The van der Waals surface area contributed by atoms with Crippen molar-refractivity contribution >= 4 is 22.9 Å². The maximum Gasteiger partial charge on any atom is 1.00 e. The molecule has 0 fully saturated rings. The Morgan fingerprint density at radius 2 is 1.42 bits per heavy atom. The Labute approximate surface area is 172 Å². The average molecular weight is 322 g/mol. The van der Waals surface area contributed by atoms with Crippen LogP contribution < -0.4 is 116 Å². The molecule has 50 valence electrons. The molecular weight excluding hydrogens is 319 g/mol. The van der Waals surface area contributed by atoms with E-state index in [4.69, 9.17) is 0 Å². The summed E-state index contributed by atoms with van der Waals surface area (Å²) < 4.78 is 0. The van der Waals surface area contributed by atoms with Gasteiger partial charge in [0, 0.05) is 0 Å². The molecule has 1 heterocycles. The molecule has 1 aromatic heterocycles. The van der Waals surface area contributed by atoms with Gasteiger partial charge in [0.25, 0.3) is 0 Å². The second-order valence-corrected chi connectivity index (χ2v) is 2.82. The third-order valence-electron chi connectivity index (χ3n) is 1.46. The molecule has 1 aliphatic carbocycles. The molecule has 0 atom stereocenters. The number of hydrogen-bond donors (Lipinski definition) is 0. The summed E-state index contributed by atoms with van der Waals surface area (Å²) in [6, 6.07) is 0. The summed E-state index contributed by atoms with van der Waals surface area (Å²) in [6.45, 7) is 0. The Kier molecular flexibility index (Phi) is 7.48. The van der Waals surface area contributed by atoms with E-state index < -0.39 is 0 Å². The first-order chi connectivity index (χ1) is 4.79. The fourth-order valence-electron chi connectivity index (χ4n) is 0.953. The van der Waals surface area contributed by atoms with Crippen LogP contribution in [-0.2, 0) is 0 Å². The molecule has 12 heavy (non-hydrogen) atoms. The quantitative estimate of drug-likeness (QED) is 0.450. The van der Waals surface area contributed by atoms with Crippen LogP contribution in [0, 0.1) is 6.42 Å². The Balaban J connectivity index is 0.000000605. The summed E-state index contributed by atoms with van der Waals surface area (Å²) in [5.41, 5.74) is 1.13. The Morgan fingerprint density at radius 3 is 1.83 bits per heavy atom. The predicted octanol–water partition coefficient (Wildman–Crippen LogP) is -4.66. The number of rotatable bonds is 0. The number of Topliss-reactive ketones (excluding diaryl/α,β-unsaturated/α-hetero) is 2. The topological polar surface area (TPSA) is 34.1 Å². The second kappa shape index (κ2) is 6.18. The van der Waals surface area contributed by atoms with Crippen molar-refractivity contribution in [3.63, 3.8) is 0 Å². The molecule has 0 aromatic carbocycles. The smallest absolute Gasteiger partial charge is 0.319 e. The number of carbonyl (C=O) groups is 2. The van der Waals surface area contributed by atoms with Gasteiger partial charge in [0.2, 0.25) is 0 Å². The van der Waals surface area contributed by atoms with E-state index in [1.807, 2.05) is 0 Å². The van der Waals surface area contributed by atoms with Crippen molar-refractivity contribution in [1.82, 2.24) is 0 Å². The normalized spacial score (nSPS) is 12.7. The Hall–Kier alpha value is 2.52. The molecule has 2 rings (SSSR count). The summed E-state index contributed by atoms with van der Waals surface area (Å²) in [7, 11) is 0. The first-order valence-corrected chi connectivity index (χ1v) is 3.73. The van der Waals surface area contributed by atoms with Crippen molar-refractivity contribution < 1.29 is 126 Å². The first kappa shape index (κ1) is 14.5. The standard InChI is InChI=1S/C7H3O2S.2Rb/c8-6-1-7(9)5-3-10-2-4(5)6;;/h1-3H;;/q-1;2*+1. The van der Waals surface area contributed by atoms with E-state index in [9.17, 15) is 9.59 Å². The number of carbonyl (C=O) groups excluding carboxylic acids is 2. The molecule has 0 saturated heterocycles. The molecule has 0 amide bonds. The zero-order valence-electron chi connectivity index (χ0n) is 6.96. The second-order valence-electron chi connectivity index (χ2n) is 2.07. The minimum Gasteiger partial charge on any atom is -0.319 e. The molecule has 1 aromatic rings. The minimum atomic E-state index is -0.152. The van der Waals surface area contributed by atoms with Crippen molar-refractivity contribution in [2.24, 2.45) is 0 Å². The molecule has 2 nitrogen and oxygen atoms in total. The van der Waals surface area contributed by atoms with E-state index in [1.165, 1.54) is 11.3 Å². The Bertz CT molecular complexity index is 290. The fourth-order valence-corrected chi connectivity index (χ4v) is 1.78. The van der Waals surface area contributed by atoms with Gasteiger partial charge >= 0.3 is 116 Å². The van der Waals surface area contributed by atoms with Gasteiger partial charge in [-0.3, -0.25) is 0 Å². The van der Waals surface area contributed by atoms with Crippen molar-refractivity contribution in [2.45, 2.75) is 0 Å². The average Bonchev–Trinajstić information content (AvgIpc) is 2.39. The van der Waals surface area contributed by atoms with Crippen LogP contribution in [0.5, 0.6) is 0 Å². The molecular formula is C7H3O2Rb2S+. The van der Waals surface area contributed by atoms with Gasteiger partial charge in [0.15, 0.2) is 0 Å². The third-order valence-corrected chi connectivity index (χ3v) is 2.20. The van der Waals surface area contributed by atoms with Crippen LogP contribution in [0.1, 0.15) is 20.7 Å². The molecule has 0 saturated carbocycles. The van der Waals surface area contributed by atoms with Gasteiger partial charge < -0.3 is 9.59 Å². The van der Waals surface area contributed by atoms with E-state index >= 15 is 0 Å². The summed E-state index contributed by atoms with van der Waals surface area (Å²) in [6.07, 6.45) is 1.14. The molecule has 0 aliphatic heterocycles. The molecule has 0 bridgehead atoms. The van der Waals surface area contributed by atoms with E-state index in [0.29, 0.717) is 11.1 Å². The number of ketones is 2. The summed E-state index contributed by atoms with van der Waals surface area (Å²) >= 11 is 1.39. The van der Waals surface area contributed by atoms with Crippen molar-refractivity contribution in [3.05, 3.63) is 28.3 Å². The van der Waals surface area contributed by atoms with Gasteiger partial charge in [-0.05, 0) is 0 Å².